The number of rotatable bonds is 4. The van der Waals surface area contributed by atoms with Crippen LogP contribution in [0.2, 0.25) is 0 Å². The summed E-state index contributed by atoms with van der Waals surface area (Å²) in [4.78, 5) is 18.7. The quantitative estimate of drug-likeness (QED) is 0.380. The van der Waals surface area contributed by atoms with Gasteiger partial charge in [-0.25, -0.2) is 0 Å². The second-order valence-corrected chi connectivity index (χ2v) is 6.51. The van der Waals surface area contributed by atoms with E-state index in [0.29, 0.717) is 27.1 Å². The number of nitrogens with zero attached hydrogens (tertiary/aromatic N) is 2. The molecular formula is C19H13BrN2O4. The fourth-order valence-corrected chi connectivity index (χ4v) is 2.98. The average molecular weight is 413 g/mol. The van der Waals surface area contributed by atoms with E-state index >= 15 is 0 Å². The van der Waals surface area contributed by atoms with Crippen LogP contribution in [-0.4, -0.2) is 4.73 Å². The number of hydrogen-bond donors (Lipinski definition) is 0. The van der Waals surface area contributed by atoms with Crippen LogP contribution in [0, 0.1) is 5.21 Å². The van der Waals surface area contributed by atoms with E-state index in [1.807, 2.05) is 0 Å². The van der Waals surface area contributed by atoms with Crippen LogP contribution in [0.5, 0.6) is 0 Å². The maximum atomic E-state index is 13.0. The molecular weight excluding hydrogens is 400 g/mol. The molecule has 26 heavy (non-hydrogen) atoms. The first kappa shape index (κ1) is 16.4. The van der Waals surface area contributed by atoms with Crippen molar-refractivity contribution in [2.45, 2.75) is 6.61 Å². The Morgan fingerprint density at radius 3 is 2.58 bits per heavy atom. The summed E-state index contributed by atoms with van der Waals surface area (Å²) in [6.45, 7) is 0.0690. The third-order valence-corrected chi connectivity index (χ3v) is 4.47. The molecule has 0 N–H and O–H groups in total. The molecule has 0 aliphatic carbocycles. The minimum absolute atomic E-state index is 0.00403. The first-order chi connectivity index (χ1) is 12.6. The molecule has 2 aromatic carbocycles. The highest BCUT2D eigenvalue weighted by molar-refractivity contribution is 9.10. The Balaban J connectivity index is 1.92. The van der Waals surface area contributed by atoms with Crippen molar-refractivity contribution >= 4 is 27.0 Å². The van der Waals surface area contributed by atoms with Crippen LogP contribution in [0.25, 0.3) is 22.3 Å². The molecule has 0 fully saturated rings. The fourth-order valence-electron chi connectivity index (χ4n) is 2.72. The van der Waals surface area contributed by atoms with Crippen LogP contribution in [0.4, 0.5) is 0 Å². The molecule has 0 aliphatic heterocycles. The average Bonchev–Trinajstić information content (AvgIpc) is 3.17. The molecule has 7 heteroatoms. The number of halogens is 1. The van der Waals surface area contributed by atoms with Crippen molar-refractivity contribution in [2.75, 3.05) is 0 Å². The zero-order valence-corrected chi connectivity index (χ0v) is 15.0. The second-order valence-electron chi connectivity index (χ2n) is 5.59. The lowest BCUT2D eigenvalue weighted by Crippen LogP contribution is -2.42. The van der Waals surface area contributed by atoms with E-state index in [-0.39, 0.29) is 12.3 Å². The third-order valence-electron chi connectivity index (χ3n) is 3.94. The molecule has 0 saturated heterocycles. The molecule has 0 atom stereocenters. The standard InChI is InChI=1S/C19H13BrN2O4/c20-14-9-7-13(8-10-14)18-19(23)22(26-12-15-4-3-11-25-15)17-6-2-1-5-16(17)21(18)24/h1-11H,12H2. The van der Waals surface area contributed by atoms with Crippen LogP contribution < -0.4 is 15.1 Å². The topological polar surface area (TPSA) is 71.3 Å². The summed E-state index contributed by atoms with van der Waals surface area (Å²) >= 11 is 3.35. The summed E-state index contributed by atoms with van der Waals surface area (Å²) in [5.41, 5.74) is 0.696. The first-order valence-corrected chi connectivity index (χ1v) is 8.63. The van der Waals surface area contributed by atoms with Gasteiger partial charge >= 0.3 is 5.56 Å². The molecule has 0 radical (unpaired) electrons. The van der Waals surface area contributed by atoms with Crippen LogP contribution >= 0.6 is 15.9 Å². The first-order valence-electron chi connectivity index (χ1n) is 7.84. The van der Waals surface area contributed by atoms with E-state index < -0.39 is 5.56 Å². The molecule has 0 bridgehead atoms. The van der Waals surface area contributed by atoms with Gasteiger partial charge in [-0.3, -0.25) is 4.79 Å². The van der Waals surface area contributed by atoms with Gasteiger partial charge in [0.2, 0.25) is 5.52 Å². The minimum atomic E-state index is -0.535. The van der Waals surface area contributed by atoms with E-state index in [2.05, 4.69) is 15.9 Å². The van der Waals surface area contributed by atoms with E-state index in [1.165, 1.54) is 6.26 Å². The maximum absolute atomic E-state index is 13.0. The Labute approximate surface area is 156 Å². The highest BCUT2D eigenvalue weighted by atomic mass is 79.9. The molecule has 6 nitrogen and oxygen atoms in total. The van der Waals surface area contributed by atoms with Gasteiger partial charge < -0.3 is 14.5 Å². The van der Waals surface area contributed by atoms with Gasteiger partial charge in [0.25, 0.3) is 5.69 Å². The lowest BCUT2D eigenvalue weighted by Gasteiger charge is -2.13. The molecule has 0 unspecified atom stereocenters. The largest absolute Gasteiger partial charge is 0.618 e. The van der Waals surface area contributed by atoms with Crippen molar-refractivity contribution < 1.29 is 14.0 Å². The Hall–Kier alpha value is -3.06. The maximum Gasteiger partial charge on any atom is 0.357 e. The van der Waals surface area contributed by atoms with Crippen molar-refractivity contribution in [2.24, 2.45) is 0 Å². The van der Waals surface area contributed by atoms with Gasteiger partial charge in [-0.2, -0.15) is 4.73 Å². The van der Waals surface area contributed by atoms with Crippen LogP contribution in [0.1, 0.15) is 5.76 Å². The van der Waals surface area contributed by atoms with E-state index in [0.717, 1.165) is 9.20 Å². The van der Waals surface area contributed by atoms with Gasteiger partial charge in [0.15, 0.2) is 12.1 Å². The Morgan fingerprint density at radius 2 is 1.85 bits per heavy atom. The SMILES string of the molecule is O=c1c(-c2ccc(Br)cc2)[n+]([O-])c2ccccc2n1OCc1ccco1. The predicted octanol–water partition coefficient (Wildman–Crippen LogP) is 3.29. The highest BCUT2D eigenvalue weighted by Crippen LogP contribution is 2.18. The highest BCUT2D eigenvalue weighted by Gasteiger charge is 2.23. The van der Waals surface area contributed by atoms with Crippen LogP contribution in [0.3, 0.4) is 0 Å². The van der Waals surface area contributed by atoms with Gasteiger partial charge in [-0.05, 0) is 42.5 Å². The zero-order valence-electron chi connectivity index (χ0n) is 13.5. The number of benzene rings is 2. The molecule has 2 aromatic heterocycles. The normalized spacial score (nSPS) is 11.0. The van der Waals surface area contributed by atoms with Gasteiger partial charge in [0, 0.05) is 10.5 Å². The Kier molecular flexibility index (Phi) is 4.22. The van der Waals surface area contributed by atoms with Crippen molar-refractivity contribution in [1.82, 2.24) is 4.73 Å². The molecule has 4 aromatic rings. The van der Waals surface area contributed by atoms with Crippen LogP contribution in [0.15, 0.2) is 80.6 Å². The van der Waals surface area contributed by atoms with Gasteiger partial charge in [0.1, 0.15) is 5.76 Å². The van der Waals surface area contributed by atoms with E-state index in [1.54, 1.807) is 60.7 Å². The number of furan rings is 1. The second kappa shape index (κ2) is 6.68. The fraction of sp³-hybridized carbons (Fsp3) is 0.0526. The molecule has 4 rings (SSSR count). The van der Waals surface area contributed by atoms with E-state index in [9.17, 15) is 10.0 Å². The summed E-state index contributed by atoms with van der Waals surface area (Å²) in [5, 5.41) is 12.8. The van der Waals surface area contributed by atoms with Crippen molar-refractivity contribution in [3.8, 4) is 11.3 Å². The lowest BCUT2D eigenvalue weighted by molar-refractivity contribution is -0.566. The number of hydrogen-bond acceptors (Lipinski definition) is 4. The minimum Gasteiger partial charge on any atom is -0.618 e. The summed E-state index contributed by atoms with van der Waals surface area (Å²) in [6, 6.07) is 17.3. The monoisotopic (exact) mass is 412 g/mol. The third kappa shape index (κ3) is 2.86. The summed E-state index contributed by atoms with van der Waals surface area (Å²) in [7, 11) is 0. The predicted molar refractivity (Wildman–Crippen MR) is 99.3 cm³/mol. The zero-order chi connectivity index (χ0) is 18.1. The van der Waals surface area contributed by atoms with Crippen molar-refractivity contribution in [1.29, 1.82) is 0 Å². The smallest absolute Gasteiger partial charge is 0.357 e. The van der Waals surface area contributed by atoms with Crippen LogP contribution in [-0.2, 0) is 6.61 Å². The number of para-hydroxylation sites is 2. The summed E-state index contributed by atoms with van der Waals surface area (Å²) in [5.74, 6) is 0.574. The number of fused-ring (bicyclic) bond motifs is 1. The molecule has 0 spiro atoms. The molecule has 2 heterocycles. The summed E-state index contributed by atoms with van der Waals surface area (Å²) in [6.07, 6.45) is 1.53. The Bertz CT molecular complexity index is 1120. The number of aromatic nitrogens is 2. The van der Waals surface area contributed by atoms with Crippen molar-refractivity contribution in [3.63, 3.8) is 0 Å². The summed E-state index contributed by atoms with van der Waals surface area (Å²) < 4.78 is 7.89. The van der Waals surface area contributed by atoms with Gasteiger partial charge in [-0.15, -0.1) is 4.73 Å². The molecule has 130 valence electrons. The van der Waals surface area contributed by atoms with E-state index in [4.69, 9.17) is 9.25 Å². The lowest BCUT2D eigenvalue weighted by atomic mass is 10.1. The molecule has 0 saturated carbocycles. The van der Waals surface area contributed by atoms with Crippen molar-refractivity contribution in [3.05, 3.63) is 92.7 Å². The molecule has 0 aliphatic rings. The van der Waals surface area contributed by atoms with Gasteiger partial charge in [-0.1, -0.05) is 28.1 Å². The van der Waals surface area contributed by atoms with Gasteiger partial charge in [0.05, 0.1) is 11.8 Å². The molecule has 0 amide bonds. The Morgan fingerprint density at radius 1 is 1.08 bits per heavy atom.